The number of nitrogens with zero attached hydrogens (tertiary/aromatic N) is 7. The van der Waals surface area contributed by atoms with Crippen LogP contribution in [0.15, 0.2) is 24.4 Å². The average molecular weight is 755 g/mol. The van der Waals surface area contributed by atoms with Crippen molar-refractivity contribution in [3.05, 3.63) is 46.3 Å². The molecule has 262 valence electrons. The minimum atomic E-state index is -5.77. The van der Waals surface area contributed by atoms with Crippen molar-refractivity contribution in [2.75, 3.05) is 24.7 Å². The normalized spacial score (nSPS) is 22.6. The monoisotopic (exact) mass is 754 g/mol. The second-order valence-corrected chi connectivity index (χ2v) is 15.8. The van der Waals surface area contributed by atoms with Crippen LogP contribution in [0, 0.1) is 13.8 Å². The number of hydrogen-bond acceptors (Lipinski definition) is 18. The number of anilines is 2. The highest BCUT2D eigenvalue weighted by Gasteiger charge is 2.48. The fraction of sp³-hybridized carbons (Fsp3) is 0.455. The van der Waals surface area contributed by atoms with E-state index in [0.717, 1.165) is 16.9 Å². The summed E-state index contributed by atoms with van der Waals surface area (Å²) in [6, 6.07) is 0. The van der Waals surface area contributed by atoms with Crippen LogP contribution < -0.4 is 16.0 Å². The Hall–Kier alpha value is -2.85. The quantitative estimate of drug-likeness (QED) is 0.0659. The van der Waals surface area contributed by atoms with E-state index in [9.17, 15) is 28.8 Å². The number of hydrogen-bond donors (Lipinski definition) is 7. The maximum absolute atomic E-state index is 13.6. The summed E-state index contributed by atoms with van der Waals surface area (Å²) in [5, 5.41) is 21.4. The summed E-state index contributed by atoms with van der Waals surface area (Å²) < 4.78 is 64.6. The van der Waals surface area contributed by atoms with Crippen molar-refractivity contribution in [2.45, 2.75) is 51.4 Å². The molecule has 0 radical (unpaired) electrons. The molecule has 48 heavy (non-hydrogen) atoms. The van der Waals surface area contributed by atoms with E-state index in [2.05, 4.69) is 33.5 Å². The largest absolute Gasteiger partial charge is 0.490 e. The summed E-state index contributed by atoms with van der Waals surface area (Å²) in [5.41, 5.74) is 15.4. The molecule has 0 amide bonds. The van der Waals surface area contributed by atoms with Crippen LogP contribution in [-0.2, 0) is 49.1 Å². The highest BCUT2D eigenvalue weighted by atomic mass is 32.1. The molecule has 1 aliphatic rings. The summed E-state index contributed by atoms with van der Waals surface area (Å²) in [7, 11) is -16.6. The van der Waals surface area contributed by atoms with Gasteiger partial charge in [0.05, 0.1) is 30.0 Å². The van der Waals surface area contributed by atoms with E-state index < -0.39 is 61.2 Å². The lowest BCUT2D eigenvalue weighted by Gasteiger charge is -2.22. The lowest BCUT2D eigenvalue weighted by atomic mass is 10.1. The number of ether oxygens (including phenoxy) is 1. The van der Waals surface area contributed by atoms with Crippen LogP contribution in [0.4, 0.5) is 11.6 Å². The highest BCUT2D eigenvalue weighted by Crippen LogP contribution is 2.68. The van der Waals surface area contributed by atoms with Gasteiger partial charge in [0.25, 0.3) is 0 Å². The minimum Gasteiger partial charge on any atom is -0.387 e. The van der Waals surface area contributed by atoms with Crippen molar-refractivity contribution in [2.24, 2.45) is 0 Å². The Bertz CT molecular complexity index is 1940. The number of phosphoric ester groups is 1. The zero-order chi connectivity index (χ0) is 35.0. The first-order valence-corrected chi connectivity index (χ1v) is 19.0. The van der Waals surface area contributed by atoms with Crippen LogP contribution in [0.5, 0.6) is 0 Å². The molecule has 4 aromatic rings. The summed E-state index contributed by atoms with van der Waals surface area (Å²) >= 11 is 1.30. The summed E-state index contributed by atoms with van der Waals surface area (Å²) in [4.78, 5) is 48.9. The molecule has 1 saturated heterocycles. The number of nitrogens with two attached hydrogens (primary N) is 2. The summed E-state index contributed by atoms with van der Waals surface area (Å²) in [6.45, 7) is 2.53. The number of nitrogen functional groups attached to an aromatic ring is 2. The molecular weight excluding hydrogens is 723 g/mol. The number of fused-ring (bicyclic) bond motifs is 1. The van der Waals surface area contributed by atoms with Gasteiger partial charge in [-0.15, -0.1) is 0 Å². The van der Waals surface area contributed by atoms with Crippen molar-refractivity contribution in [3.8, 4) is 0 Å². The zero-order valence-corrected chi connectivity index (χ0v) is 28.5. The molecule has 26 heteroatoms. The molecule has 22 nitrogen and oxygen atoms in total. The highest BCUT2D eigenvalue weighted by molar-refractivity contribution is 7.66. The summed E-state index contributed by atoms with van der Waals surface area (Å²) in [5.74, 6) is 0.885. The van der Waals surface area contributed by atoms with E-state index in [1.165, 1.54) is 22.2 Å². The first kappa shape index (κ1) is 36.4. The number of rotatable bonds is 14. The van der Waals surface area contributed by atoms with Crippen molar-refractivity contribution in [1.29, 1.82) is 0 Å². The number of aryl methyl sites for hydroxylation is 1. The molecule has 1 fully saturated rings. The topological polar surface area (TPSA) is 324 Å². The molecule has 0 saturated carbocycles. The molecule has 6 atom stereocenters. The maximum atomic E-state index is 13.6. The van der Waals surface area contributed by atoms with Gasteiger partial charge in [0.15, 0.2) is 29.9 Å². The van der Waals surface area contributed by atoms with Crippen LogP contribution in [-0.4, -0.2) is 85.9 Å². The van der Waals surface area contributed by atoms with Crippen LogP contribution >= 0.6 is 34.8 Å². The molecule has 5 heterocycles. The standard InChI is InChI=1S/C22H30N9O13P3S/c1-11-15(48-10-30(11)6-13-5-25-12(2)29-19(13)23)3-4-40-47(39,44-46(37,38)43-45(34,35)36)41-7-14-17(32)18(33)22(42-14)31-9-28-16-20(24)26-8-27-21(16)31/h5,8-10,14,17-18,22,32-33H,3-4,6-7H2,1-2H3,(H6-,23,24,25,26,27,29,34,35,36,37,38)/p+1/t14-,17?,18?,22-,47?/m1/s1. The van der Waals surface area contributed by atoms with Crippen molar-refractivity contribution in [3.63, 3.8) is 0 Å². The van der Waals surface area contributed by atoms with Crippen LogP contribution in [0.1, 0.15) is 28.2 Å². The van der Waals surface area contributed by atoms with Gasteiger partial charge in [0.1, 0.15) is 41.8 Å². The van der Waals surface area contributed by atoms with E-state index in [1.54, 1.807) is 25.6 Å². The number of aliphatic hydroxyl groups is 2. The summed E-state index contributed by atoms with van der Waals surface area (Å²) in [6.07, 6.45) is -1.97. The Morgan fingerprint density at radius 3 is 2.48 bits per heavy atom. The third-order valence-corrected chi connectivity index (χ3v) is 12.3. The van der Waals surface area contributed by atoms with Gasteiger partial charge in [-0.2, -0.15) is 13.2 Å². The molecule has 1 aliphatic heterocycles. The number of aromatic nitrogens is 7. The minimum absolute atomic E-state index is 0.0472. The third kappa shape index (κ3) is 8.47. The predicted molar refractivity (Wildman–Crippen MR) is 162 cm³/mol. The molecule has 0 spiro atoms. The van der Waals surface area contributed by atoms with Crippen molar-refractivity contribution in [1.82, 2.24) is 29.5 Å². The molecule has 0 aromatic carbocycles. The first-order chi connectivity index (χ1) is 22.5. The fourth-order valence-electron chi connectivity index (χ4n) is 4.59. The molecule has 5 rings (SSSR count). The number of imidazole rings is 1. The molecule has 4 aromatic heterocycles. The van der Waals surface area contributed by atoms with E-state index in [-0.39, 0.29) is 23.4 Å². The van der Waals surface area contributed by atoms with Crippen LogP contribution in [0.2, 0.25) is 0 Å². The predicted octanol–water partition coefficient (Wildman–Crippen LogP) is 0.0243. The third-order valence-electron chi connectivity index (χ3n) is 6.90. The van der Waals surface area contributed by atoms with Crippen LogP contribution in [0.3, 0.4) is 0 Å². The van der Waals surface area contributed by atoms with Gasteiger partial charge in [-0.25, -0.2) is 38.6 Å². The Morgan fingerprint density at radius 1 is 1.02 bits per heavy atom. The van der Waals surface area contributed by atoms with Gasteiger partial charge in [-0.3, -0.25) is 13.6 Å². The van der Waals surface area contributed by atoms with Gasteiger partial charge >= 0.3 is 23.5 Å². The van der Waals surface area contributed by atoms with Gasteiger partial charge in [-0.05, 0) is 6.92 Å². The maximum Gasteiger partial charge on any atom is 0.490 e. The molecule has 4 unspecified atom stereocenters. The van der Waals surface area contributed by atoms with Crippen LogP contribution in [0.25, 0.3) is 11.2 Å². The Morgan fingerprint density at radius 2 is 1.77 bits per heavy atom. The van der Waals surface area contributed by atoms with E-state index in [0.29, 0.717) is 23.8 Å². The van der Waals surface area contributed by atoms with E-state index >= 15 is 0 Å². The van der Waals surface area contributed by atoms with Crippen molar-refractivity contribution >= 4 is 57.6 Å². The Kier molecular flexibility index (Phi) is 10.8. The second kappa shape index (κ2) is 14.2. The SMILES string of the molecule is Cc1ncc(C[n+]2csc(CCOP(=O)(OC[C@H]3O[C@@H](n4cnc5c(N)ncnc54)C(O)C3O)OP(=O)(O)OP(=O)(O)O)c2C)c(N)n1. The lowest BCUT2D eigenvalue weighted by molar-refractivity contribution is -0.689. The molecule has 9 N–H and O–H groups in total. The number of thiazole rings is 1. The van der Waals surface area contributed by atoms with Gasteiger partial charge < -0.3 is 41.1 Å². The second-order valence-electron chi connectivity index (χ2n) is 10.3. The van der Waals surface area contributed by atoms with E-state index in [1.807, 2.05) is 4.57 Å². The smallest absolute Gasteiger partial charge is 0.387 e. The first-order valence-electron chi connectivity index (χ1n) is 13.6. The average Bonchev–Trinajstić information content (AvgIpc) is 3.64. The molecular formula is C22H31N9O13P3S+. The molecule has 0 bridgehead atoms. The zero-order valence-electron chi connectivity index (χ0n) is 25.0. The molecule has 0 aliphatic carbocycles. The number of aliphatic hydroxyl groups excluding tert-OH is 2. The Labute approximate surface area is 274 Å². The van der Waals surface area contributed by atoms with E-state index in [4.69, 9.17) is 35.0 Å². The van der Waals surface area contributed by atoms with Gasteiger partial charge in [0.2, 0.25) is 5.51 Å². The fourth-order valence-corrected chi connectivity index (χ4v) is 9.14. The van der Waals surface area contributed by atoms with Crippen molar-refractivity contribution < 1.29 is 65.6 Å². The number of phosphoric acid groups is 3. The van der Waals surface area contributed by atoms with Gasteiger partial charge in [-0.1, -0.05) is 11.3 Å². The lowest BCUT2D eigenvalue weighted by Crippen LogP contribution is -2.35. The van der Waals surface area contributed by atoms with Gasteiger partial charge in [0, 0.05) is 19.5 Å². The Balaban J connectivity index is 1.28.